The molecule has 1 aliphatic rings. The Bertz CT molecular complexity index is 2000. The van der Waals surface area contributed by atoms with Crippen molar-refractivity contribution >= 4 is 49.4 Å². The molecule has 3 heterocycles. The Morgan fingerprint density at radius 2 is 1.70 bits per heavy atom. The van der Waals surface area contributed by atoms with Gasteiger partial charge in [0.2, 0.25) is 15.9 Å². The Kier molecular flexibility index (Phi) is 9.05. The minimum atomic E-state index is -3.71. The lowest BCUT2D eigenvalue weighted by Gasteiger charge is -2.30. The van der Waals surface area contributed by atoms with Crippen molar-refractivity contribution in [2.24, 2.45) is 11.7 Å². The number of piperidine rings is 1. The van der Waals surface area contributed by atoms with Gasteiger partial charge in [-0.15, -0.1) is 0 Å². The minimum Gasteiger partial charge on any atom is -0.461 e. The van der Waals surface area contributed by atoms with E-state index in [2.05, 4.69) is 4.72 Å². The molecule has 11 heteroatoms. The number of hydrogen-bond acceptors (Lipinski definition) is 7. The first-order chi connectivity index (χ1) is 22.2. The van der Waals surface area contributed by atoms with Crippen LogP contribution in [-0.2, 0) is 38.4 Å². The summed E-state index contributed by atoms with van der Waals surface area (Å²) in [4.78, 5) is 31.9. The normalized spacial score (nSPS) is 14.1. The smallest absolute Gasteiger partial charge is 0.355 e. The van der Waals surface area contributed by atoms with E-state index in [1.807, 2.05) is 70.1 Å². The number of hydrogen-bond donors (Lipinski definition) is 2. The highest BCUT2D eigenvalue weighted by molar-refractivity contribution is 7.91. The van der Waals surface area contributed by atoms with Crippen LogP contribution in [0, 0.1) is 5.92 Å². The van der Waals surface area contributed by atoms with Gasteiger partial charge in [0.15, 0.2) is 0 Å². The van der Waals surface area contributed by atoms with E-state index < -0.39 is 16.0 Å². The SMILES string of the molecule is CC(=O)N1CCC(COC(=O)c2cc3ccc(CN)nc3n2Cc2cc(NS(=O)(=O)Cc3ccccc3)cc3ccccc23)CC1. The predicted octanol–water partition coefficient (Wildman–Crippen LogP) is 5.05. The lowest BCUT2D eigenvalue weighted by atomic mass is 9.98. The number of carbonyl (C=O) groups excluding carboxylic acids is 2. The standard InChI is InChI=1S/C35H37N5O5S/c1-24(41)39-15-13-25(14-16-39)22-45-35(42)33-19-28-11-12-30(20-36)37-34(28)40(33)21-29-18-31(17-27-9-5-6-10-32(27)29)38-46(43,44)23-26-7-3-2-4-8-26/h2-12,17-19,25,38H,13-16,20-23,36H2,1H3. The fourth-order valence-electron chi connectivity index (χ4n) is 6.05. The number of nitrogens with two attached hydrogens (primary N) is 1. The van der Waals surface area contributed by atoms with E-state index in [1.54, 1.807) is 31.2 Å². The van der Waals surface area contributed by atoms with Gasteiger partial charge in [0.1, 0.15) is 11.3 Å². The number of aromatic nitrogens is 2. The molecule has 1 saturated heterocycles. The second-order valence-corrected chi connectivity index (χ2v) is 13.5. The van der Waals surface area contributed by atoms with Gasteiger partial charge in [-0.1, -0.05) is 54.6 Å². The Hall–Kier alpha value is -4.74. The van der Waals surface area contributed by atoms with E-state index in [0.717, 1.165) is 34.6 Å². The first-order valence-electron chi connectivity index (χ1n) is 15.4. The van der Waals surface area contributed by atoms with Crippen LogP contribution in [0.2, 0.25) is 0 Å². The minimum absolute atomic E-state index is 0.0601. The van der Waals surface area contributed by atoms with Crippen LogP contribution in [0.25, 0.3) is 21.8 Å². The number of ether oxygens (including phenoxy) is 1. The molecular formula is C35H37N5O5S. The number of nitrogens with one attached hydrogen (secondary N) is 1. The van der Waals surface area contributed by atoms with Crippen molar-refractivity contribution in [2.75, 3.05) is 24.4 Å². The Balaban J connectivity index is 1.32. The molecule has 1 fully saturated rings. The number of rotatable bonds is 10. The van der Waals surface area contributed by atoms with Crippen LogP contribution in [0.5, 0.6) is 0 Å². The van der Waals surface area contributed by atoms with Gasteiger partial charge >= 0.3 is 5.97 Å². The highest BCUT2D eigenvalue weighted by Crippen LogP contribution is 2.29. The topological polar surface area (TPSA) is 137 Å². The largest absolute Gasteiger partial charge is 0.461 e. The molecule has 0 bridgehead atoms. The molecule has 2 aromatic heterocycles. The van der Waals surface area contributed by atoms with E-state index >= 15 is 0 Å². The molecule has 10 nitrogen and oxygen atoms in total. The Labute approximate surface area is 268 Å². The molecule has 1 amide bonds. The van der Waals surface area contributed by atoms with Crippen molar-refractivity contribution in [3.8, 4) is 0 Å². The van der Waals surface area contributed by atoms with Gasteiger partial charge in [-0.05, 0) is 71.0 Å². The fraction of sp³-hybridized carbons (Fsp3) is 0.286. The molecule has 3 N–H and O–H groups in total. The van der Waals surface area contributed by atoms with E-state index in [0.29, 0.717) is 41.4 Å². The number of anilines is 1. The zero-order valence-electron chi connectivity index (χ0n) is 25.7. The summed E-state index contributed by atoms with van der Waals surface area (Å²) in [6.45, 7) is 3.61. The third kappa shape index (κ3) is 7.05. The number of likely N-dealkylation sites (tertiary alicyclic amines) is 1. The molecule has 0 saturated carbocycles. The third-order valence-electron chi connectivity index (χ3n) is 8.48. The summed E-state index contributed by atoms with van der Waals surface area (Å²) in [5.41, 5.74) is 9.45. The van der Waals surface area contributed by atoms with Gasteiger partial charge in [0, 0.05) is 37.6 Å². The summed E-state index contributed by atoms with van der Waals surface area (Å²) in [6, 6.07) is 25.9. The number of benzene rings is 3. The van der Waals surface area contributed by atoms with Crippen molar-refractivity contribution in [3.63, 3.8) is 0 Å². The summed E-state index contributed by atoms with van der Waals surface area (Å²) < 4.78 is 36.7. The van der Waals surface area contributed by atoms with Crippen molar-refractivity contribution in [1.82, 2.24) is 14.5 Å². The molecule has 238 valence electrons. The number of carbonyl (C=O) groups is 2. The lowest BCUT2D eigenvalue weighted by molar-refractivity contribution is -0.130. The molecule has 0 atom stereocenters. The second kappa shape index (κ2) is 13.3. The molecule has 0 aliphatic carbocycles. The number of pyridine rings is 1. The zero-order valence-corrected chi connectivity index (χ0v) is 26.5. The number of fused-ring (bicyclic) bond motifs is 2. The van der Waals surface area contributed by atoms with Crippen LogP contribution >= 0.6 is 0 Å². The van der Waals surface area contributed by atoms with Crippen LogP contribution in [0.1, 0.15) is 47.1 Å². The maximum absolute atomic E-state index is 13.6. The van der Waals surface area contributed by atoms with E-state index in [-0.39, 0.29) is 37.3 Å². The van der Waals surface area contributed by atoms with E-state index in [1.165, 1.54) is 0 Å². The lowest BCUT2D eigenvalue weighted by Crippen LogP contribution is -2.38. The zero-order chi connectivity index (χ0) is 32.3. The van der Waals surface area contributed by atoms with Crippen molar-refractivity contribution in [3.05, 3.63) is 107 Å². The van der Waals surface area contributed by atoms with Crippen LogP contribution in [0.15, 0.2) is 84.9 Å². The Morgan fingerprint density at radius 1 is 0.957 bits per heavy atom. The van der Waals surface area contributed by atoms with Gasteiger partial charge in [-0.2, -0.15) is 0 Å². The van der Waals surface area contributed by atoms with Gasteiger partial charge in [-0.25, -0.2) is 18.2 Å². The van der Waals surface area contributed by atoms with Gasteiger partial charge < -0.3 is 19.9 Å². The molecule has 6 rings (SSSR count). The Morgan fingerprint density at radius 3 is 2.43 bits per heavy atom. The monoisotopic (exact) mass is 639 g/mol. The summed E-state index contributed by atoms with van der Waals surface area (Å²) in [5, 5.41) is 2.54. The predicted molar refractivity (Wildman–Crippen MR) is 179 cm³/mol. The molecule has 46 heavy (non-hydrogen) atoms. The van der Waals surface area contributed by atoms with Gasteiger partial charge in [0.05, 0.1) is 24.6 Å². The van der Waals surface area contributed by atoms with Crippen LogP contribution in [0.3, 0.4) is 0 Å². The molecule has 1 aliphatic heterocycles. The number of esters is 1. The van der Waals surface area contributed by atoms with Gasteiger partial charge in [0.25, 0.3) is 0 Å². The molecule has 0 unspecified atom stereocenters. The highest BCUT2D eigenvalue weighted by atomic mass is 32.2. The average Bonchev–Trinajstić information content (AvgIpc) is 3.41. The molecular weight excluding hydrogens is 602 g/mol. The van der Waals surface area contributed by atoms with Crippen molar-refractivity contribution in [1.29, 1.82) is 0 Å². The molecule has 0 spiro atoms. The quantitative estimate of drug-likeness (QED) is 0.204. The molecule has 3 aromatic carbocycles. The number of amides is 1. The summed E-state index contributed by atoms with van der Waals surface area (Å²) >= 11 is 0. The number of sulfonamides is 1. The first kappa shape index (κ1) is 31.3. The summed E-state index contributed by atoms with van der Waals surface area (Å²) in [7, 11) is -3.71. The number of nitrogens with zero attached hydrogens (tertiary/aromatic N) is 3. The van der Waals surface area contributed by atoms with Crippen LogP contribution in [-0.4, -0.2) is 54.4 Å². The first-order valence-corrected chi connectivity index (χ1v) is 17.0. The van der Waals surface area contributed by atoms with Crippen LogP contribution in [0.4, 0.5) is 5.69 Å². The summed E-state index contributed by atoms with van der Waals surface area (Å²) in [5.74, 6) is -0.396. The van der Waals surface area contributed by atoms with Crippen LogP contribution < -0.4 is 10.5 Å². The summed E-state index contributed by atoms with van der Waals surface area (Å²) in [6.07, 6.45) is 1.55. The maximum atomic E-state index is 13.6. The maximum Gasteiger partial charge on any atom is 0.355 e. The molecule has 5 aromatic rings. The van der Waals surface area contributed by atoms with Gasteiger partial charge in [-0.3, -0.25) is 9.52 Å². The van der Waals surface area contributed by atoms with Crippen molar-refractivity contribution < 1.29 is 22.7 Å². The third-order valence-corrected chi connectivity index (χ3v) is 9.74. The van der Waals surface area contributed by atoms with Crippen molar-refractivity contribution in [2.45, 2.75) is 38.6 Å². The highest BCUT2D eigenvalue weighted by Gasteiger charge is 2.24. The second-order valence-electron chi connectivity index (χ2n) is 11.8. The van der Waals surface area contributed by atoms with E-state index in [4.69, 9.17) is 15.5 Å². The fourth-order valence-corrected chi connectivity index (χ4v) is 7.23. The van der Waals surface area contributed by atoms with E-state index in [9.17, 15) is 18.0 Å². The molecule has 0 radical (unpaired) electrons. The average molecular weight is 640 g/mol.